The van der Waals surface area contributed by atoms with Crippen LogP contribution < -0.4 is 14.8 Å². The van der Waals surface area contributed by atoms with Crippen molar-refractivity contribution in [1.29, 1.82) is 0 Å². The number of nitrogens with one attached hydrogen (secondary N) is 1. The number of carbonyl (C=O) groups is 2. The van der Waals surface area contributed by atoms with E-state index in [9.17, 15) is 9.59 Å². The van der Waals surface area contributed by atoms with Gasteiger partial charge in [-0.15, -0.1) is 0 Å². The first-order chi connectivity index (χ1) is 14.5. The van der Waals surface area contributed by atoms with Gasteiger partial charge in [0.05, 0.1) is 13.7 Å². The van der Waals surface area contributed by atoms with E-state index in [1.54, 1.807) is 25.3 Å². The standard InChI is InChI=1S/C24H30N2O4/c1-17(2)11-13-30-21-10-9-19(15-22(21)29-3)24(28)25-20-7-4-6-18(14-20)16-26-12-5-8-23(26)27/h4,6-7,9-10,14-15,17H,5,8,11-13,16H2,1-3H3,(H,25,28). The first-order valence-corrected chi connectivity index (χ1v) is 10.4. The van der Waals surface area contributed by atoms with E-state index in [1.165, 1.54) is 0 Å². The van der Waals surface area contributed by atoms with E-state index in [4.69, 9.17) is 9.47 Å². The summed E-state index contributed by atoms with van der Waals surface area (Å²) in [6.45, 7) is 6.25. The Morgan fingerprint density at radius 3 is 2.70 bits per heavy atom. The molecule has 30 heavy (non-hydrogen) atoms. The highest BCUT2D eigenvalue weighted by atomic mass is 16.5. The van der Waals surface area contributed by atoms with Gasteiger partial charge in [-0.05, 0) is 54.7 Å². The number of benzene rings is 2. The number of anilines is 1. The molecule has 0 atom stereocenters. The molecule has 0 saturated carbocycles. The van der Waals surface area contributed by atoms with Crippen LogP contribution in [0.5, 0.6) is 11.5 Å². The normalized spacial score (nSPS) is 13.6. The zero-order valence-electron chi connectivity index (χ0n) is 17.9. The molecule has 0 spiro atoms. The van der Waals surface area contributed by atoms with E-state index in [0.717, 1.165) is 24.9 Å². The Labute approximate surface area is 178 Å². The molecule has 1 heterocycles. The fourth-order valence-corrected chi connectivity index (χ4v) is 3.37. The summed E-state index contributed by atoms with van der Waals surface area (Å²) >= 11 is 0. The highest BCUT2D eigenvalue weighted by molar-refractivity contribution is 6.04. The summed E-state index contributed by atoms with van der Waals surface area (Å²) in [5.74, 6) is 1.68. The van der Waals surface area contributed by atoms with Crippen molar-refractivity contribution in [2.24, 2.45) is 5.92 Å². The van der Waals surface area contributed by atoms with Crippen molar-refractivity contribution in [3.63, 3.8) is 0 Å². The number of likely N-dealkylation sites (tertiary alicyclic amines) is 1. The van der Waals surface area contributed by atoms with E-state index in [0.29, 0.717) is 48.2 Å². The highest BCUT2D eigenvalue weighted by Gasteiger charge is 2.20. The Hall–Kier alpha value is -3.02. The zero-order chi connectivity index (χ0) is 21.5. The lowest BCUT2D eigenvalue weighted by atomic mass is 10.1. The maximum absolute atomic E-state index is 12.7. The minimum Gasteiger partial charge on any atom is -0.493 e. The lowest BCUT2D eigenvalue weighted by Crippen LogP contribution is -2.23. The summed E-state index contributed by atoms with van der Waals surface area (Å²) in [6, 6.07) is 12.8. The van der Waals surface area contributed by atoms with Gasteiger partial charge in [-0.2, -0.15) is 0 Å². The van der Waals surface area contributed by atoms with Gasteiger partial charge in [0.1, 0.15) is 0 Å². The largest absolute Gasteiger partial charge is 0.493 e. The summed E-state index contributed by atoms with van der Waals surface area (Å²) in [5, 5.41) is 2.92. The summed E-state index contributed by atoms with van der Waals surface area (Å²) in [5.41, 5.74) is 2.18. The van der Waals surface area contributed by atoms with Crippen molar-refractivity contribution in [3.8, 4) is 11.5 Å². The molecule has 160 valence electrons. The van der Waals surface area contributed by atoms with Crippen molar-refractivity contribution < 1.29 is 19.1 Å². The zero-order valence-corrected chi connectivity index (χ0v) is 17.9. The van der Waals surface area contributed by atoms with Gasteiger partial charge in [-0.1, -0.05) is 26.0 Å². The number of hydrogen-bond acceptors (Lipinski definition) is 4. The van der Waals surface area contributed by atoms with Gasteiger partial charge in [0.15, 0.2) is 11.5 Å². The van der Waals surface area contributed by atoms with Gasteiger partial charge in [0.2, 0.25) is 5.91 Å². The Morgan fingerprint density at radius 2 is 2.00 bits per heavy atom. The molecule has 1 aliphatic heterocycles. The quantitative estimate of drug-likeness (QED) is 0.661. The van der Waals surface area contributed by atoms with Crippen LogP contribution in [0.25, 0.3) is 0 Å². The average Bonchev–Trinajstić information content (AvgIpc) is 3.12. The summed E-state index contributed by atoms with van der Waals surface area (Å²) in [4.78, 5) is 26.4. The molecule has 1 saturated heterocycles. The lowest BCUT2D eigenvalue weighted by molar-refractivity contribution is -0.128. The maximum atomic E-state index is 12.7. The average molecular weight is 411 g/mol. The first-order valence-electron chi connectivity index (χ1n) is 10.4. The fourth-order valence-electron chi connectivity index (χ4n) is 3.37. The molecule has 0 radical (unpaired) electrons. The van der Waals surface area contributed by atoms with Crippen molar-refractivity contribution in [2.75, 3.05) is 25.6 Å². The molecule has 2 amide bonds. The Bertz CT molecular complexity index is 895. The molecule has 0 aromatic heterocycles. The van der Waals surface area contributed by atoms with E-state index < -0.39 is 0 Å². The van der Waals surface area contributed by atoms with Crippen molar-refractivity contribution in [2.45, 2.75) is 39.7 Å². The van der Waals surface area contributed by atoms with E-state index >= 15 is 0 Å². The second kappa shape index (κ2) is 10.1. The molecule has 1 fully saturated rings. The third kappa shape index (κ3) is 5.75. The summed E-state index contributed by atoms with van der Waals surface area (Å²) < 4.78 is 11.2. The number of carbonyl (C=O) groups excluding carboxylic acids is 2. The Balaban J connectivity index is 1.65. The van der Waals surface area contributed by atoms with Gasteiger partial charge in [0.25, 0.3) is 5.91 Å². The number of methoxy groups -OCH3 is 1. The topological polar surface area (TPSA) is 67.9 Å². The van der Waals surface area contributed by atoms with Gasteiger partial charge >= 0.3 is 0 Å². The minimum absolute atomic E-state index is 0.187. The Kier molecular flexibility index (Phi) is 7.33. The molecular formula is C24H30N2O4. The van der Waals surface area contributed by atoms with Gasteiger partial charge in [-0.25, -0.2) is 0 Å². The third-order valence-electron chi connectivity index (χ3n) is 5.11. The van der Waals surface area contributed by atoms with Gasteiger partial charge in [0, 0.05) is 30.8 Å². The smallest absolute Gasteiger partial charge is 0.255 e. The summed E-state index contributed by atoms with van der Waals surface area (Å²) in [6.07, 6.45) is 2.48. The predicted molar refractivity (Wildman–Crippen MR) is 117 cm³/mol. The molecule has 6 nitrogen and oxygen atoms in total. The van der Waals surface area contributed by atoms with Crippen LogP contribution >= 0.6 is 0 Å². The molecular weight excluding hydrogens is 380 g/mol. The van der Waals surface area contributed by atoms with Crippen molar-refractivity contribution >= 4 is 17.5 Å². The van der Waals surface area contributed by atoms with E-state index in [1.807, 2.05) is 29.2 Å². The van der Waals surface area contributed by atoms with Crippen LogP contribution in [0.1, 0.15) is 49.0 Å². The van der Waals surface area contributed by atoms with Crippen LogP contribution in [-0.4, -0.2) is 37.0 Å². The van der Waals surface area contributed by atoms with E-state index in [2.05, 4.69) is 19.2 Å². The van der Waals surface area contributed by atoms with E-state index in [-0.39, 0.29) is 11.8 Å². The molecule has 0 unspecified atom stereocenters. The fraction of sp³-hybridized carbons (Fsp3) is 0.417. The molecule has 2 aromatic rings. The first kappa shape index (κ1) is 21.7. The van der Waals surface area contributed by atoms with Crippen LogP contribution in [0.2, 0.25) is 0 Å². The van der Waals surface area contributed by atoms with Crippen LogP contribution in [0, 0.1) is 5.92 Å². The third-order valence-corrected chi connectivity index (χ3v) is 5.11. The van der Waals surface area contributed by atoms with Crippen LogP contribution in [0.4, 0.5) is 5.69 Å². The molecule has 1 aliphatic rings. The minimum atomic E-state index is -0.226. The Morgan fingerprint density at radius 1 is 1.17 bits per heavy atom. The number of amides is 2. The van der Waals surface area contributed by atoms with Crippen molar-refractivity contribution in [1.82, 2.24) is 4.90 Å². The predicted octanol–water partition coefficient (Wildman–Crippen LogP) is 4.49. The van der Waals surface area contributed by atoms with Crippen LogP contribution in [-0.2, 0) is 11.3 Å². The number of nitrogens with zero attached hydrogens (tertiary/aromatic N) is 1. The number of rotatable bonds is 9. The summed E-state index contributed by atoms with van der Waals surface area (Å²) in [7, 11) is 1.56. The SMILES string of the molecule is COc1cc(C(=O)Nc2cccc(CN3CCCC3=O)c2)ccc1OCCC(C)C. The molecule has 3 rings (SSSR count). The maximum Gasteiger partial charge on any atom is 0.255 e. The molecule has 0 bridgehead atoms. The number of ether oxygens (including phenoxy) is 2. The number of hydrogen-bond donors (Lipinski definition) is 1. The van der Waals surface area contributed by atoms with Gasteiger partial charge in [-0.3, -0.25) is 9.59 Å². The lowest BCUT2D eigenvalue weighted by Gasteiger charge is -2.16. The molecule has 0 aliphatic carbocycles. The monoisotopic (exact) mass is 410 g/mol. The molecule has 6 heteroatoms. The molecule has 1 N–H and O–H groups in total. The second-order valence-corrected chi connectivity index (χ2v) is 7.97. The highest BCUT2D eigenvalue weighted by Crippen LogP contribution is 2.29. The molecule has 2 aromatic carbocycles. The second-order valence-electron chi connectivity index (χ2n) is 7.97. The van der Waals surface area contributed by atoms with Gasteiger partial charge < -0.3 is 19.7 Å². The van der Waals surface area contributed by atoms with Crippen LogP contribution in [0.15, 0.2) is 42.5 Å². The van der Waals surface area contributed by atoms with Crippen LogP contribution in [0.3, 0.4) is 0 Å². The van der Waals surface area contributed by atoms with Crippen molar-refractivity contribution in [3.05, 3.63) is 53.6 Å².